The molecule has 1 heterocycles. The summed E-state index contributed by atoms with van der Waals surface area (Å²) in [5.74, 6) is 0.0598. The fourth-order valence-corrected chi connectivity index (χ4v) is 2.89. The maximum atomic E-state index is 12.8. The van der Waals surface area contributed by atoms with E-state index in [1.54, 1.807) is 6.08 Å². The van der Waals surface area contributed by atoms with Crippen LogP contribution in [0.2, 0.25) is 0 Å². The molecule has 0 saturated heterocycles. The molecule has 2 amide bonds. The van der Waals surface area contributed by atoms with Gasteiger partial charge in [-0.15, -0.1) is 6.58 Å². The third-order valence-electron chi connectivity index (χ3n) is 4.04. The number of nitrogens with zero attached hydrogens (tertiary/aromatic N) is 1. The zero-order chi connectivity index (χ0) is 19.4. The Kier molecular flexibility index (Phi) is 5.41. The number of rotatable bonds is 7. The van der Waals surface area contributed by atoms with Crippen molar-refractivity contribution in [2.24, 2.45) is 0 Å². The number of hydrogen-bond acceptors (Lipinski definition) is 4. The van der Waals surface area contributed by atoms with E-state index in [2.05, 4.69) is 11.9 Å². The van der Waals surface area contributed by atoms with Crippen LogP contribution in [-0.2, 0) is 9.59 Å². The second-order valence-corrected chi connectivity index (χ2v) is 6.44. The molecule has 5 nitrogen and oxygen atoms in total. The van der Waals surface area contributed by atoms with Crippen LogP contribution in [0.3, 0.4) is 0 Å². The van der Waals surface area contributed by atoms with E-state index in [0.29, 0.717) is 16.8 Å². The first kappa shape index (κ1) is 18.5. The van der Waals surface area contributed by atoms with Gasteiger partial charge < -0.3 is 10.1 Å². The Morgan fingerprint density at radius 1 is 1.04 bits per heavy atom. The van der Waals surface area contributed by atoms with Gasteiger partial charge in [-0.3, -0.25) is 14.5 Å². The van der Waals surface area contributed by atoms with Gasteiger partial charge in [-0.25, -0.2) is 0 Å². The first-order valence-corrected chi connectivity index (χ1v) is 8.81. The molecule has 3 rings (SSSR count). The number of benzene rings is 2. The molecular weight excluding hydrogens is 340 g/mol. The minimum atomic E-state index is -0.360. The zero-order valence-electron chi connectivity index (χ0n) is 15.4. The summed E-state index contributed by atoms with van der Waals surface area (Å²) in [4.78, 5) is 26.8. The normalized spacial score (nSPS) is 14.1. The monoisotopic (exact) mass is 362 g/mol. The number of hydrogen-bond donors (Lipinski definition) is 1. The van der Waals surface area contributed by atoms with Crippen LogP contribution in [0.15, 0.2) is 72.9 Å². The number of nitrogens with one attached hydrogen (secondary N) is 1. The fourth-order valence-electron chi connectivity index (χ4n) is 2.89. The standard InChI is InChI=1S/C22H22N2O3/c1-4-14-24-21(25)19(16-8-6-5-7-9-16)20(22(24)26)23-17-10-12-18(13-11-17)27-15(2)3/h4-13,15,23H,1,14H2,2-3H3. The van der Waals surface area contributed by atoms with E-state index in [-0.39, 0.29) is 30.2 Å². The van der Waals surface area contributed by atoms with Crippen molar-refractivity contribution >= 4 is 23.1 Å². The van der Waals surface area contributed by atoms with E-state index >= 15 is 0 Å². The summed E-state index contributed by atoms with van der Waals surface area (Å²) in [5, 5.41) is 3.12. The molecule has 2 aromatic carbocycles. The highest BCUT2D eigenvalue weighted by Crippen LogP contribution is 2.30. The lowest BCUT2D eigenvalue weighted by atomic mass is 10.0. The third-order valence-corrected chi connectivity index (χ3v) is 4.04. The van der Waals surface area contributed by atoms with E-state index in [0.717, 1.165) is 5.75 Å². The average molecular weight is 362 g/mol. The van der Waals surface area contributed by atoms with E-state index in [1.165, 1.54) is 4.90 Å². The number of carbonyl (C=O) groups excluding carboxylic acids is 2. The Hall–Kier alpha value is -3.34. The SMILES string of the molecule is C=CCN1C(=O)C(Nc2ccc(OC(C)C)cc2)=C(c2ccccc2)C1=O. The predicted molar refractivity (Wildman–Crippen MR) is 106 cm³/mol. The Morgan fingerprint density at radius 3 is 2.30 bits per heavy atom. The number of anilines is 1. The van der Waals surface area contributed by atoms with Crippen LogP contribution >= 0.6 is 0 Å². The molecule has 1 N–H and O–H groups in total. The van der Waals surface area contributed by atoms with Crippen molar-refractivity contribution in [2.45, 2.75) is 20.0 Å². The minimum absolute atomic E-state index is 0.0812. The van der Waals surface area contributed by atoms with Gasteiger partial charge in [0.15, 0.2) is 0 Å². The van der Waals surface area contributed by atoms with Gasteiger partial charge in [-0.1, -0.05) is 36.4 Å². The van der Waals surface area contributed by atoms with Gasteiger partial charge >= 0.3 is 0 Å². The summed E-state index contributed by atoms with van der Waals surface area (Å²) in [6, 6.07) is 16.5. The molecule has 1 aliphatic rings. The number of ether oxygens (including phenoxy) is 1. The summed E-state index contributed by atoms with van der Waals surface area (Å²) >= 11 is 0. The molecule has 0 atom stereocenters. The maximum Gasteiger partial charge on any atom is 0.278 e. The number of amides is 2. The molecule has 0 bridgehead atoms. The molecule has 0 aromatic heterocycles. The minimum Gasteiger partial charge on any atom is -0.491 e. The second kappa shape index (κ2) is 7.91. The zero-order valence-corrected chi connectivity index (χ0v) is 15.4. The van der Waals surface area contributed by atoms with Crippen LogP contribution in [0.5, 0.6) is 5.75 Å². The van der Waals surface area contributed by atoms with Crippen molar-refractivity contribution in [3.63, 3.8) is 0 Å². The van der Waals surface area contributed by atoms with Gasteiger partial charge in [-0.2, -0.15) is 0 Å². The van der Waals surface area contributed by atoms with Crippen molar-refractivity contribution in [3.05, 3.63) is 78.5 Å². The summed E-state index contributed by atoms with van der Waals surface area (Å²) in [7, 11) is 0. The van der Waals surface area contributed by atoms with Gasteiger partial charge in [0.2, 0.25) is 0 Å². The first-order valence-electron chi connectivity index (χ1n) is 8.81. The summed E-state index contributed by atoms with van der Waals surface area (Å²) in [5.41, 5.74) is 2.04. The number of carbonyl (C=O) groups is 2. The van der Waals surface area contributed by atoms with Crippen molar-refractivity contribution in [1.82, 2.24) is 4.90 Å². The van der Waals surface area contributed by atoms with Crippen molar-refractivity contribution in [1.29, 1.82) is 0 Å². The van der Waals surface area contributed by atoms with Gasteiger partial charge in [0.1, 0.15) is 11.4 Å². The quantitative estimate of drug-likeness (QED) is 0.600. The van der Waals surface area contributed by atoms with Crippen LogP contribution in [0.1, 0.15) is 19.4 Å². The maximum absolute atomic E-state index is 12.8. The summed E-state index contributed by atoms with van der Waals surface area (Å²) < 4.78 is 5.64. The predicted octanol–water partition coefficient (Wildman–Crippen LogP) is 3.85. The topological polar surface area (TPSA) is 58.6 Å². The van der Waals surface area contributed by atoms with Crippen LogP contribution in [-0.4, -0.2) is 29.4 Å². The molecule has 0 unspecified atom stereocenters. The molecular formula is C22H22N2O3. The lowest BCUT2D eigenvalue weighted by molar-refractivity contribution is -0.136. The van der Waals surface area contributed by atoms with Crippen molar-refractivity contribution < 1.29 is 14.3 Å². The fraction of sp³-hybridized carbons (Fsp3) is 0.182. The third kappa shape index (κ3) is 3.92. The summed E-state index contributed by atoms with van der Waals surface area (Å²) in [6.45, 7) is 7.72. The molecule has 27 heavy (non-hydrogen) atoms. The smallest absolute Gasteiger partial charge is 0.278 e. The average Bonchev–Trinajstić information content (AvgIpc) is 2.88. The van der Waals surface area contributed by atoms with Crippen molar-refractivity contribution in [3.8, 4) is 5.75 Å². The van der Waals surface area contributed by atoms with Crippen molar-refractivity contribution in [2.75, 3.05) is 11.9 Å². The second-order valence-electron chi connectivity index (χ2n) is 6.44. The largest absolute Gasteiger partial charge is 0.491 e. The lowest BCUT2D eigenvalue weighted by Gasteiger charge is -2.13. The molecule has 0 spiro atoms. The van der Waals surface area contributed by atoms with Crippen LogP contribution in [0.25, 0.3) is 5.57 Å². The Balaban J connectivity index is 1.95. The van der Waals surface area contributed by atoms with E-state index in [4.69, 9.17) is 4.74 Å². The molecule has 2 aromatic rings. The van der Waals surface area contributed by atoms with E-state index in [9.17, 15) is 9.59 Å². The van der Waals surface area contributed by atoms with E-state index in [1.807, 2.05) is 68.4 Å². The highest BCUT2D eigenvalue weighted by atomic mass is 16.5. The van der Waals surface area contributed by atoms with Gasteiger partial charge in [0.25, 0.3) is 11.8 Å². The molecule has 0 aliphatic carbocycles. The number of imide groups is 1. The Morgan fingerprint density at radius 2 is 1.70 bits per heavy atom. The molecule has 0 fully saturated rings. The Bertz CT molecular complexity index is 884. The van der Waals surface area contributed by atoms with Crippen LogP contribution < -0.4 is 10.1 Å². The van der Waals surface area contributed by atoms with Crippen LogP contribution in [0.4, 0.5) is 5.69 Å². The molecule has 0 saturated carbocycles. The van der Waals surface area contributed by atoms with Gasteiger partial charge in [0, 0.05) is 12.2 Å². The highest BCUT2D eigenvalue weighted by Gasteiger charge is 2.38. The van der Waals surface area contributed by atoms with E-state index < -0.39 is 0 Å². The highest BCUT2D eigenvalue weighted by molar-refractivity contribution is 6.36. The van der Waals surface area contributed by atoms with Gasteiger partial charge in [0.05, 0.1) is 11.7 Å². The molecule has 0 radical (unpaired) electrons. The Labute approximate surface area is 158 Å². The summed E-state index contributed by atoms with van der Waals surface area (Å²) in [6.07, 6.45) is 1.62. The first-order chi connectivity index (χ1) is 13.0. The molecule has 138 valence electrons. The van der Waals surface area contributed by atoms with Crippen LogP contribution in [0, 0.1) is 0 Å². The lowest BCUT2D eigenvalue weighted by Crippen LogP contribution is -2.32. The molecule has 5 heteroatoms. The van der Waals surface area contributed by atoms with Gasteiger partial charge in [-0.05, 0) is 43.7 Å². The molecule has 1 aliphatic heterocycles.